The van der Waals surface area contributed by atoms with Gasteiger partial charge in [0.05, 0.1) is 23.9 Å². The second-order valence-corrected chi connectivity index (χ2v) is 6.89. The van der Waals surface area contributed by atoms with Crippen molar-refractivity contribution in [2.75, 3.05) is 19.8 Å². The molecule has 4 nitrogen and oxygen atoms in total. The summed E-state index contributed by atoms with van der Waals surface area (Å²) in [5, 5.41) is 3.96. The number of aromatic nitrogens is 1. The summed E-state index contributed by atoms with van der Waals surface area (Å²) in [4.78, 5) is 11.2. The standard InChI is InChI=1S/C19H16F5N3O/c20-10-19(8-16(26-28-19)27-3-1-2-4-27)18-13(5-12(22)9-25-18)17-14(23)6-11(21)7-15(17)24/h5-7,9H,1-4,8,10H2. The summed E-state index contributed by atoms with van der Waals surface area (Å²) in [7, 11) is 0. The number of rotatable bonds is 3. The average Bonchev–Trinajstić information content (AvgIpc) is 3.31. The van der Waals surface area contributed by atoms with Crippen molar-refractivity contribution >= 4 is 5.84 Å². The summed E-state index contributed by atoms with van der Waals surface area (Å²) in [5.41, 5.74) is -2.98. The van der Waals surface area contributed by atoms with Crippen LogP contribution in [0.4, 0.5) is 22.0 Å². The SMILES string of the molecule is FCC1(c2ncc(F)cc2-c2c(F)cc(F)cc2F)CC(N2CCCC2)=NO1. The number of amidine groups is 1. The molecule has 0 bridgehead atoms. The fourth-order valence-electron chi connectivity index (χ4n) is 3.66. The molecule has 3 heterocycles. The monoisotopic (exact) mass is 397 g/mol. The predicted octanol–water partition coefficient (Wildman–Crippen LogP) is 4.30. The van der Waals surface area contributed by atoms with Gasteiger partial charge in [0, 0.05) is 30.8 Å². The molecule has 1 saturated heterocycles. The fourth-order valence-corrected chi connectivity index (χ4v) is 3.66. The number of alkyl halides is 1. The van der Waals surface area contributed by atoms with Gasteiger partial charge in [0.1, 0.15) is 35.8 Å². The minimum atomic E-state index is -1.74. The Hall–Kier alpha value is -2.71. The first-order chi connectivity index (χ1) is 13.4. The lowest BCUT2D eigenvalue weighted by Crippen LogP contribution is -2.35. The van der Waals surface area contributed by atoms with Crippen molar-refractivity contribution in [2.45, 2.75) is 24.9 Å². The number of oxime groups is 1. The molecule has 1 unspecified atom stereocenters. The molecule has 2 aliphatic rings. The molecule has 4 rings (SSSR count). The Balaban J connectivity index is 1.81. The molecule has 9 heteroatoms. The van der Waals surface area contributed by atoms with Crippen LogP contribution in [0.2, 0.25) is 0 Å². The number of likely N-dealkylation sites (tertiary alicyclic amines) is 1. The Morgan fingerprint density at radius 3 is 2.32 bits per heavy atom. The lowest BCUT2D eigenvalue weighted by molar-refractivity contribution is -0.0435. The molecule has 1 aromatic carbocycles. The average molecular weight is 397 g/mol. The molecule has 0 saturated carbocycles. The predicted molar refractivity (Wildman–Crippen MR) is 91.1 cm³/mol. The van der Waals surface area contributed by atoms with Gasteiger partial charge in [-0.2, -0.15) is 0 Å². The first-order valence-electron chi connectivity index (χ1n) is 8.80. The van der Waals surface area contributed by atoms with Crippen LogP contribution in [0, 0.1) is 23.3 Å². The molecule has 1 atom stereocenters. The molecule has 1 aromatic heterocycles. The van der Waals surface area contributed by atoms with Gasteiger partial charge >= 0.3 is 0 Å². The van der Waals surface area contributed by atoms with Crippen molar-refractivity contribution in [3.63, 3.8) is 0 Å². The maximum absolute atomic E-state index is 14.3. The van der Waals surface area contributed by atoms with Crippen molar-refractivity contribution in [3.8, 4) is 11.1 Å². The van der Waals surface area contributed by atoms with Crippen LogP contribution in [-0.2, 0) is 10.4 Å². The van der Waals surface area contributed by atoms with Gasteiger partial charge in [0.15, 0.2) is 0 Å². The van der Waals surface area contributed by atoms with Crippen LogP contribution in [0.1, 0.15) is 25.0 Å². The van der Waals surface area contributed by atoms with Crippen LogP contribution in [-0.4, -0.2) is 35.5 Å². The van der Waals surface area contributed by atoms with Gasteiger partial charge in [0.25, 0.3) is 0 Å². The quantitative estimate of drug-likeness (QED) is 0.725. The lowest BCUT2D eigenvalue weighted by atomic mass is 9.89. The van der Waals surface area contributed by atoms with Crippen LogP contribution in [0.15, 0.2) is 29.6 Å². The molecular weight excluding hydrogens is 381 g/mol. The maximum atomic E-state index is 14.3. The van der Waals surface area contributed by atoms with E-state index in [9.17, 15) is 22.0 Å². The van der Waals surface area contributed by atoms with Gasteiger partial charge in [0.2, 0.25) is 5.60 Å². The van der Waals surface area contributed by atoms with Gasteiger partial charge in [-0.3, -0.25) is 4.98 Å². The third kappa shape index (κ3) is 3.08. The molecule has 0 radical (unpaired) electrons. The van der Waals surface area contributed by atoms with E-state index in [1.54, 1.807) is 0 Å². The second kappa shape index (κ2) is 7.03. The van der Waals surface area contributed by atoms with Crippen LogP contribution < -0.4 is 0 Å². The molecular formula is C19H16F5N3O. The summed E-state index contributed by atoms with van der Waals surface area (Å²) >= 11 is 0. The smallest absolute Gasteiger partial charge is 0.215 e. The van der Waals surface area contributed by atoms with Gasteiger partial charge < -0.3 is 9.74 Å². The number of benzene rings is 1. The summed E-state index contributed by atoms with van der Waals surface area (Å²) in [5.74, 6) is -4.00. The van der Waals surface area contributed by atoms with Crippen LogP contribution in [0.3, 0.4) is 0 Å². The molecule has 0 spiro atoms. The highest BCUT2D eigenvalue weighted by atomic mass is 19.2. The van der Waals surface area contributed by atoms with E-state index in [0.29, 0.717) is 18.0 Å². The number of hydrogen-bond acceptors (Lipinski definition) is 4. The normalized spacial score (nSPS) is 21.8. The molecule has 0 aliphatic carbocycles. The number of pyridine rings is 1. The van der Waals surface area contributed by atoms with E-state index in [1.807, 2.05) is 4.90 Å². The Morgan fingerprint density at radius 2 is 1.68 bits per heavy atom. The van der Waals surface area contributed by atoms with E-state index >= 15 is 0 Å². The van der Waals surface area contributed by atoms with E-state index < -0.39 is 41.1 Å². The molecule has 2 aliphatic heterocycles. The zero-order chi connectivity index (χ0) is 19.9. The van der Waals surface area contributed by atoms with E-state index in [1.165, 1.54) is 0 Å². The lowest BCUT2D eigenvalue weighted by Gasteiger charge is -2.26. The summed E-state index contributed by atoms with van der Waals surface area (Å²) in [6.45, 7) is 0.398. The second-order valence-electron chi connectivity index (χ2n) is 6.89. The summed E-state index contributed by atoms with van der Waals surface area (Å²) < 4.78 is 70.0. The Morgan fingerprint density at radius 1 is 1.00 bits per heavy atom. The minimum absolute atomic E-state index is 0.0143. The van der Waals surface area contributed by atoms with Crippen molar-refractivity contribution < 1.29 is 26.8 Å². The van der Waals surface area contributed by atoms with E-state index in [-0.39, 0.29) is 17.7 Å². The van der Waals surface area contributed by atoms with E-state index in [4.69, 9.17) is 4.84 Å². The van der Waals surface area contributed by atoms with Crippen molar-refractivity contribution in [3.05, 3.63) is 53.4 Å². The zero-order valence-electron chi connectivity index (χ0n) is 14.7. The van der Waals surface area contributed by atoms with Crippen LogP contribution >= 0.6 is 0 Å². The minimum Gasteiger partial charge on any atom is -0.378 e. The largest absolute Gasteiger partial charge is 0.378 e. The summed E-state index contributed by atoms with van der Waals surface area (Å²) in [6, 6.07) is 1.77. The van der Waals surface area contributed by atoms with Crippen LogP contribution in [0.5, 0.6) is 0 Å². The van der Waals surface area contributed by atoms with Crippen LogP contribution in [0.25, 0.3) is 11.1 Å². The third-order valence-electron chi connectivity index (χ3n) is 5.02. The topological polar surface area (TPSA) is 37.7 Å². The Kier molecular flexibility index (Phi) is 4.68. The van der Waals surface area contributed by atoms with E-state index in [0.717, 1.165) is 38.2 Å². The third-order valence-corrected chi connectivity index (χ3v) is 5.02. The highest BCUT2D eigenvalue weighted by Crippen LogP contribution is 2.42. The van der Waals surface area contributed by atoms with E-state index in [2.05, 4.69) is 10.1 Å². The van der Waals surface area contributed by atoms with Crippen molar-refractivity contribution in [2.24, 2.45) is 5.16 Å². The van der Waals surface area contributed by atoms with Gasteiger partial charge in [-0.25, -0.2) is 22.0 Å². The first-order valence-corrected chi connectivity index (χ1v) is 8.80. The van der Waals surface area contributed by atoms with Crippen molar-refractivity contribution in [1.29, 1.82) is 0 Å². The van der Waals surface area contributed by atoms with Gasteiger partial charge in [-0.05, 0) is 18.9 Å². The number of hydrogen-bond donors (Lipinski definition) is 0. The number of halogens is 5. The molecule has 2 aromatic rings. The van der Waals surface area contributed by atoms with Gasteiger partial charge in [-0.1, -0.05) is 5.16 Å². The maximum Gasteiger partial charge on any atom is 0.215 e. The number of nitrogens with zero attached hydrogens (tertiary/aromatic N) is 3. The molecule has 28 heavy (non-hydrogen) atoms. The Labute approximate surface area is 157 Å². The molecule has 1 fully saturated rings. The molecule has 148 valence electrons. The zero-order valence-corrected chi connectivity index (χ0v) is 14.7. The van der Waals surface area contributed by atoms with Crippen molar-refractivity contribution in [1.82, 2.24) is 9.88 Å². The summed E-state index contributed by atoms with van der Waals surface area (Å²) in [6.07, 6.45) is 2.73. The highest BCUT2D eigenvalue weighted by Gasteiger charge is 2.46. The Bertz CT molecular complexity index is 922. The molecule has 0 N–H and O–H groups in total. The molecule has 0 amide bonds. The first kappa shape index (κ1) is 18.6. The highest BCUT2D eigenvalue weighted by molar-refractivity contribution is 5.85. The fraction of sp³-hybridized carbons (Fsp3) is 0.368. The van der Waals surface area contributed by atoms with Gasteiger partial charge in [-0.15, -0.1) is 0 Å².